The fourth-order valence-electron chi connectivity index (χ4n) is 2.48. The van der Waals surface area contributed by atoms with Crippen molar-refractivity contribution < 1.29 is 24.0 Å². The van der Waals surface area contributed by atoms with Crippen LogP contribution in [-0.2, 0) is 14.3 Å². The van der Waals surface area contributed by atoms with E-state index in [9.17, 15) is 24.5 Å². The molecule has 2 aromatic carbocycles. The second-order valence-corrected chi connectivity index (χ2v) is 7.09. The summed E-state index contributed by atoms with van der Waals surface area (Å²) < 4.78 is 5.03. The van der Waals surface area contributed by atoms with Crippen molar-refractivity contribution in [2.75, 3.05) is 23.9 Å². The average Bonchev–Trinajstić information content (AvgIpc) is 2.75. The maximum Gasteiger partial charge on any atom is 0.329 e. The molecule has 0 fully saturated rings. The molecule has 0 heterocycles. The van der Waals surface area contributed by atoms with Gasteiger partial charge in [0.2, 0.25) is 0 Å². The molecule has 1 atom stereocenters. The van der Waals surface area contributed by atoms with Crippen LogP contribution in [0.25, 0.3) is 0 Å². The van der Waals surface area contributed by atoms with Gasteiger partial charge in [-0.25, -0.2) is 4.79 Å². The number of nitro groups is 1. The van der Waals surface area contributed by atoms with Crippen LogP contribution in [0.4, 0.5) is 11.4 Å². The molecule has 0 aliphatic carbocycles. The standard InChI is InChI=1S/C20H21N3O6S/c1-30-12-11-16(22-19(25)14-7-3-2-4-8-14)20(26)29-13-18(24)21-15-9-5-6-10-17(15)23(27)28/h2-10,16H,11-13H2,1H3,(H,21,24)(H,22,25)/t16-/m1/s1. The lowest BCUT2D eigenvalue weighted by molar-refractivity contribution is -0.383. The van der Waals surface area contributed by atoms with E-state index in [2.05, 4.69) is 10.6 Å². The molecule has 0 unspecified atom stereocenters. The van der Waals surface area contributed by atoms with Gasteiger partial charge in [0.05, 0.1) is 4.92 Å². The molecule has 0 saturated heterocycles. The van der Waals surface area contributed by atoms with Gasteiger partial charge in [0, 0.05) is 11.6 Å². The first-order chi connectivity index (χ1) is 14.4. The number of para-hydroxylation sites is 2. The van der Waals surface area contributed by atoms with E-state index in [1.807, 2.05) is 6.26 Å². The van der Waals surface area contributed by atoms with Crippen molar-refractivity contribution in [3.8, 4) is 0 Å². The highest BCUT2D eigenvalue weighted by Gasteiger charge is 2.24. The predicted octanol–water partition coefficient (Wildman–Crippen LogP) is 2.63. The van der Waals surface area contributed by atoms with Crippen molar-refractivity contribution in [2.45, 2.75) is 12.5 Å². The summed E-state index contributed by atoms with van der Waals surface area (Å²) in [5.74, 6) is -1.32. The van der Waals surface area contributed by atoms with Gasteiger partial charge in [-0.1, -0.05) is 30.3 Å². The van der Waals surface area contributed by atoms with E-state index in [1.54, 1.807) is 30.3 Å². The van der Waals surface area contributed by atoms with Crippen molar-refractivity contribution >= 4 is 40.9 Å². The molecular formula is C20H21N3O6S. The molecule has 2 amide bonds. The van der Waals surface area contributed by atoms with Gasteiger partial charge in [0.25, 0.3) is 17.5 Å². The predicted molar refractivity (Wildman–Crippen MR) is 113 cm³/mol. The van der Waals surface area contributed by atoms with E-state index in [4.69, 9.17) is 4.74 Å². The third kappa shape index (κ3) is 6.89. The van der Waals surface area contributed by atoms with Crippen LogP contribution in [0.3, 0.4) is 0 Å². The van der Waals surface area contributed by atoms with Gasteiger partial charge in [-0.3, -0.25) is 19.7 Å². The first-order valence-corrected chi connectivity index (χ1v) is 10.4. The summed E-state index contributed by atoms with van der Waals surface area (Å²) in [6.07, 6.45) is 2.19. The molecule has 2 rings (SSSR count). The van der Waals surface area contributed by atoms with Crippen LogP contribution < -0.4 is 10.6 Å². The van der Waals surface area contributed by atoms with E-state index in [0.29, 0.717) is 17.7 Å². The number of esters is 1. The zero-order valence-corrected chi connectivity index (χ0v) is 17.0. The first-order valence-electron chi connectivity index (χ1n) is 8.97. The number of carbonyl (C=O) groups excluding carboxylic acids is 3. The number of anilines is 1. The first kappa shape index (κ1) is 22.9. The Bertz CT molecular complexity index is 906. The normalized spacial score (nSPS) is 11.2. The Balaban J connectivity index is 1.95. The molecule has 2 N–H and O–H groups in total. The highest BCUT2D eigenvalue weighted by Crippen LogP contribution is 2.22. The van der Waals surface area contributed by atoms with E-state index in [1.165, 1.54) is 36.0 Å². The molecule has 10 heteroatoms. The number of nitro benzene ring substituents is 1. The summed E-state index contributed by atoms with van der Waals surface area (Å²) in [4.78, 5) is 47.2. The van der Waals surface area contributed by atoms with Gasteiger partial charge >= 0.3 is 5.97 Å². The fraction of sp³-hybridized carbons (Fsp3) is 0.250. The number of hydrogen-bond acceptors (Lipinski definition) is 7. The molecule has 0 aliphatic heterocycles. The summed E-state index contributed by atoms with van der Waals surface area (Å²) in [5, 5.41) is 16.0. The second kappa shape index (κ2) is 11.6. The highest BCUT2D eigenvalue weighted by atomic mass is 32.2. The number of benzene rings is 2. The Hall–Kier alpha value is -3.40. The van der Waals surface area contributed by atoms with Gasteiger partial charge in [-0.15, -0.1) is 0 Å². The van der Waals surface area contributed by atoms with Gasteiger partial charge in [-0.2, -0.15) is 11.8 Å². The molecular weight excluding hydrogens is 410 g/mol. The molecule has 0 aromatic heterocycles. The quantitative estimate of drug-likeness (QED) is 0.336. The van der Waals surface area contributed by atoms with Crippen LogP contribution in [0.1, 0.15) is 16.8 Å². The molecule has 0 spiro atoms. The number of hydrogen-bond donors (Lipinski definition) is 2. The fourth-order valence-corrected chi connectivity index (χ4v) is 2.95. The second-order valence-electron chi connectivity index (χ2n) is 6.10. The maximum atomic E-state index is 12.4. The van der Waals surface area contributed by atoms with Crippen molar-refractivity contribution in [2.24, 2.45) is 0 Å². The lowest BCUT2D eigenvalue weighted by atomic mass is 10.1. The summed E-state index contributed by atoms with van der Waals surface area (Å²) >= 11 is 1.50. The van der Waals surface area contributed by atoms with E-state index < -0.39 is 35.4 Å². The van der Waals surface area contributed by atoms with E-state index in [-0.39, 0.29) is 11.4 Å². The topological polar surface area (TPSA) is 128 Å². The maximum absolute atomic E-state index is 12.4. The molecule has 0 bridgehead atoms. The number of carbonyl (C=O) groups is 3. The molecule has 9 nitrogen and oxygen atoms in total. The zero-order valence-electron chi connectivity index (χ0n) is 16.2. The van der Waals surface area contributed by atoms with Crippen LogP contribution in [0.15, 0.2) is 54.6 Å². The van der Waals surface area contributed by atoms with Gasteiger partial charge in [0.1, 0.15) is 11.7 Å². The Morgan fingerprint density at radius 3 is 2.43 bits per heavy atom. The number of nitrogens with zero attached hydrogens (tertiary/aromatic N) is 1. The Morgan fingerprint density at radius 2 is 1.77 bits per heavy atom. The number of ether oxygens (including phenoxy) is 1. The molecule has 2 aromatic rings. The molecule has 0 saturated carbocycles. The Morgan fingerprint density at radius 1 is 1.10 bits per heavy atom. The van der Waals surface area contributed by atoms with E-state index in [0.717, 1.165) is 0 Å². The van der Waals surface area contributed by atoms with Crippen LogP contribution in [-0.4, -0.2) is 47.4 Å². The minimum Gasteiger partial charge on any atom is -0.454 e. The Kier molecular flexibility index (Phi) is 8.82. The number of amides is 2. The lowest BCUT2D eigenvalue weighted by Gasteiger charge is -2.17. The van der Waals surface area contributed by atoms with Crippen LogP contribution >= 0.6 is 11.8 Å². The zero-order chi connectivity index (χ0) is 21.9. The van der Waals surface area contributed by atoms with Gasteiger partial charge in [-0.05, 0) is 36.6 Å². The third-order valence-electron chi connectivity index (χ3n) is 3.96. The van der Waals surface area contributed by atoms with Crippen LogP contribution in [0.2, 0.25) is 0 Å². The molecule has 0 aliphatic rings. The number of nitrogens with one attached hydrogen (secondary N) is 2. The SMILES string of the molecule is CSCC[C@@H](NC(=O)c1ccccc1)C(=O)OCC(=O)Nc1ccccc1[N+](=O)[O-]. The van der Waals surface area contributed by atoms with Crippen molar-refractivity contribution in [3.05, 3.63) is 70.3 Å². The largest absolute Gasteiger partial charge is 0.454 e. The molecule has 158 valence electrons. The lowest BCUT2D eigenvalue weighted by Crippen LogP contribution is -2.43. The smallest absolute Gasteiger partial charge is 0.329 e. The van der Waals surface area contributed by atoms with Crippen molar-refractivity contribution in [1.82, 2.24) is 5.32 Å². The third-order valence-corrected chi connectivity index (χ3v) is 4.60. The van der Waals surface area contributed by atoms with Gasteiger partial charge < -0.3 is 15.4 Å². The minimum atomic E-state index is -0.927. The molecule has 30 heavy (non-hydrogen) atoms. The van der Waals surface area contributed by atoms with Crippen LogP contribution in [0.5, 0.6) is 0 Å². The van der Waals surface area contributed by atoms with Gasteiger partial charge in [0.15, 0.2) is 6.61 Å². The number of thioether (sulfide) groups is 1. The summed E-state index contributed by atoms with van der Waals surface area (Å²) in [6, 6.07) is 13.1. The average molecular weight is 431 g/mol. The summed E-state index contributed by atoms with van der Waals surface area (Å²) in [6.45, 7) is -0.637. The molecule has 0 radical (unpaired) electrons. The minimum absolute atomic E-state index is 0.000127. The van der Waals surface area contributed by atoms with Crippen molar-refractivity contribution in [3.63, 3.8) is 0 Å². The van der Waals surface area contributed by atoms with Crippen LogP contribution in [0, 0.1) is 10.1 Å². The number of rotatable bonds is 10. The highest BCUT2D eigenvalue weighted by molar-refractivity contribution is 7.98. The summed E-state index contributed by atoms with van der Waals surface area (Å²) in [5.41, 5.74) is 0.124. The van der Waals surface area contributed by atoms with Crippen molar-refractivity contribution in [1.29, 1.82) is 0 Å². The van der Waals surface area contributed by atoms with E-state index >= 15 is 0 Å². The Labute approximate surface area is 177 Å². The monoisotopic (exact) mass is 431 g/mol. The summed E-state index contributed by atoms with van der Waals surface area (Å²) in [7, 11) is 0.